The Labute approximate surface area is 133 Å². The van der Waals surface area contributed by atoms with Gasteiger partial charge < -0.3 is 10.2 Å². The van der Waals surface area contributed by atoms with Crippen molar-refractivity contribution in [3.8, 4) is 11.5 Å². The Balaban J connectivity index is 2.05. The summed E-state index contributed by atoms with van der Waals surface area (Å²) in [6, 6.07) is 14.3. The zero-order valence-corrected chi connectivity index (χ0v) is 13.1. The number of aromatic hydroxyl groups is 2. The molecule has 0 unspecified atom stereocenters. The van der Waals surface area contributed by atoms with Crippen molar-refractivity contribution in [2.24, 2.45) is 0 Å². The summed E-state index contributed by atoms with van der Waals surface area (Å²) >= 11 is 0. The number of anilines is 1. The van der Waals surface area contributed by atoms with Crippen LogP contribution in [0.25, 0.3) is 10.8 Å². The molecule has 3 aromatic carbocycles. The molecule has 0 fully saturated rings. The number of para-hydroxylation sites is 1. The number of rotatable bonds is 3. The molecule has 0 radical (unpaired) electrons. The van der Waals surface area contributed by atoms with Gasteiger partial charge in [-0.25, -0.2) is 8.42 Å². The Morgan fingerprint density at radius 3 is 2.22 bits per heavy atom. The first-order chi connectivity index (χ1) is 10.9. The van der Waals surface area contributed by atoms with E-state index in [0.717, 1.165) is 5.56 Å². The van der Waals surface area contributed by atoms with Crippen molar-refractivity contribution < 1.29 is 18.6 Å². The van der Waals surface area contributed by atoms with Crippen LogP contribution in [0.4, 0.5) is 5.69 Å². The molecular weight excluding hydrogens is 314 g/mol. The smallest absolute Gasteiger partial charge is 0.261 e. The van der Waals surface area contributed by atoms with Crippen LogP contribution in [0.15, 0.2) is 59.5 Å². The molecule has 0 aliphatic carbocycles. The lowest BCUT2D eigenvalue weighted by molar-refractivity contribution is 0.405. The molecule has 0 saturated carbocycles. The molecule has 0 heterocycles. The average Bonchev–Trinajstić information content (AvgIpc) is 2.50. The van der Waals surface area contributed by atoms with Gasteiger partial charge in [0, 0.05) is 0 Å². The molecule has 0 saturated heterocycles. The molecule has 0 bridgehead atoms. The Hall–Kier alpha value is -2.73. The molecule has 3 N–H and O–H groups in total. The number of phenols is 2. The number of hydrogen-bond donors (Lipinski definition) is 3. The SMILES string of the molecule is Cc1ccccc1NS(=O)(=O)c1ccc2cc(O)c(O)cc2c1. The highest BCUT2D eigenvalue weighted by atomic mass is 32.2. The van der Waals surface area contributed by atoms with Gasteiger partial charge in [-0.15, -0.1) is 0 Å². The summed E-state index contributed by atoms with van der Waals surface area (Å²) in [5.74, 6) is -0.537. The highest BCUT2D eigenvalue weighted by molar-refractivity contribution is 7.92. The Bertz CT molecular complexity index is 997. The first kappa shape index (κ1) is 15.2. The molecule has 0 amide bonds. The van der Waals surface area contributed by atoms with Crippen molar-refractivity contribution in [3.63, 3.8) is 0 Å². The van der Waals surface area contributed by atoms with Crippen molar-refractivity contribution in [1.82, 2.24) is 0 Å². The van der Waals surface area contributed by atoms with Gasteiger partial charge in [0.15, 0.2) is 11.5 Å². The number of hydrogen-bond acceptors (Lipinski definition) is 4. The van der Waals surface area contributed by atoms with E-state index in [1.807, 2.05) is 19.1 Å². The molecule has 5 nitrogen and oxygen atoms in total. The topological polar surface area (TPSA) is 86.6 Å². The van der Waals surface area contributed by atoms with Crippen molar-refractivity contribution >= 4 is 26.5 Å². The van der Waals surface area contributed by atoms with Gasteiger partial charge in [-0.2, -0.15) is 0 Å². The molecule has 6 heteroatoms. The van der Waals surface area contributed by atoms with Gasteiger partial charge in [0.25, 0.3) is 10.0 Å². The van der Waals surface area contributed by atoms with Crippen LogP contribution in [0.5, 0.6) is 11.5 Å². The van der Waals surface area contributed by atoms with Crippen molar-refractivity contribution in [2.45, 2.75) is 11.8 Å². The molecule has 0 aromatic heterocycles. The van der Waals surface area contributed by atoms with Gasteiger partial charge >= 0.3 is 0 Å². The van der Waals surface area contributed by atoms with Crippen molar-refractivity contribution in [3.05, 3.63) is 60.2 Å². The van der Waals surface area contributed by atoms with Crippen LogP contribution in [-0.2, 0) is 10.0 Å². The average molecular weight is 329 g/mol. The lowest BCUT2D eigenvalue weighted by Gasteiger charge is -2.11. The van der Waals surface area contributed by atoms with Crippen LogP contribution in [-0.4, -0.2) is 18.6 Å². The zero-order chi connectivity index (χ0) is 16.6. The zero-order valence-electron chi connectivity index (χ0n) is 12.3. The summed E-state index contributed by atoms with van der Waals surface area (Å²) in [7, 11) is -3.74. The number of phenolic OH excluding ortho intramolecular Hbond substituents is 2. The fourth-order valence-electron chi connectivity index (χ4n) is 2.31. The van der Waals surface area contributed by atoms with Gasteiger partial charge in [-0.1, -0.05) is 24.3 Å². The summed E-state index contributed by atoms with van der Waals surface area (Å²) < 4.78 is 27.6. The maximum absolute atomic E-state index is 12.5. The standard InChI is InChI=1S/C17H15NO4S/c1-11-4-2-3-5-15(11)18-23(21,22)14-7-6-12-9-16(19)17(20)10-13(12)8-14/h2-10,18-20H,1H3. The summed E-state index contributed by atoms with van der Waals surface area (Å²) in [5.41, 5.74) is 1.33. The molecule has 118 valence electrons. The van der Waals surface area contributed by atoms with Gasteiger partial charge in [0.1, 0.15) is 0 Å². The maximum atomic E-state index is 12.5. The van der Waals surface area contributed by atoms with E-state index in [1.54, 1.807) is 18.2 Å². The second-order valence-electron chi connectivity index (χ2n) is 5.27. The first-order valence-corrected chi connectivity index (χ1v) is 8.39. The summed E-state index contributed by atoms with van der Waals surface area (Å²) in [5, 5.41) is 20.2. The second-order valence-corrected chi connectivity index (χ2v) is 6.95. The molecule has 23 heavy (non-hydrogen) atoms. The van der Waals surface area contributed by atoms with Crippen LogP contribution >= 0.6 is 0 Å². The van der Waals surface area contributed by atoms with Crippen LogP contribution in [0.3, 0.4) is 0 Å². The minimum atomic E-state index is -3.74. The maximum Gasteiger partial charge on any atom is 0.261 e. The lowest BCUT2D eigenvalue weighted by Crippen LogP contribution is -2.13. The molecular formula is C17H15NO4S. The van der Waals surface area contributed by atoms with Gasteiger partial charge in [0.2, 0.25) is 0 Å². The van der Waals surface area contributed by atoms with E-state index < -0.39 is 10.0 Å². The van der Waals surface area contributed by atoms with E-state index in [2.05, 4.69) is 4.72 Å². The third-order valence-electron chi connectivity index (χ3n) is 3.60. The van der Waals surface area contributed by atoms with Crippen LogP contribution in [0.2, 0.25) is 0 Å². The van der Waals surface area contributed by atoms with E-state index >= 15 is 0 Å². The monoisotopic (exact) mass is 329 g/mol. The Morgan fingerprint density at radius 1 is 0.870 bits per heavy atom. The summed E-state index contributed by atoms with van der Waals surface area (Å²) in [6.45, 7) is 1.82. The van der Waals surface area contributed by atoms with E-state index in [4.69, 9.17) is 0 Å². The largest absolute Gasteiger partial charge is 0.504 e. The van der Waals surface area contributed by atoms with E-state index in [9.17, 15) is 18.6 Å². The van der Waals surface area contributed by atoms with E-state index in [-0.39, 0.29) is 16.4 Å². The molecule has 3 aromatic rings. The number of sulfonamides is 1. The third kappa shape index (κ3) is 2.93. The van der Waals surface area contributed by atoms with Crippen molar-refractivity contribution in [1.29, 1.82) is 0 Å². The lowest BCUT2D eigenvalue weighted by atomic mass is 10.1. The third-order valence-corrected chi connectivity index (χ3v) is 4.97. The molecule has 0 aliphatic rings. The second kappa shape index (κ2) is 5.48. The number of nitrogens with one attached hydrogen (secondary N) is 1. The Morgan fingerprint density at radius 2 is 1.52 bits per heavy atom. The highest BCUT2D eigenvalue weighted by Crippen LogP contribution is 2.31. The number of fused-ring (bicyclic) bond motifs is 1. The number of aryl methyl sites for hydroxylation is 1. The quantitative estimate of drug-likeness (QED) is 0.643. The number of benzene rings is 3. The first-order valence-electron chi connectivity index (χ1n) is 6.91. The Kier molecular flexibility index (Phi) is 3.61. The van der Waals surface area contributed by atoms with Crippen LogP contribution in [0, 0.1) is 6.92 Å². The molecule has 0 atom stereocenters. The molecule has 3 rings (SSSR count). The highest BCUT2D eigenvalue weighted by Gasteiger charge is 2.16. The predicted molar refractivity (Wildman–Crippen MR) is 89.3 cm³/mol. The normalized spacial score (nSPS) is 11.5. The molecule has 0 spiro atoms. The van der Waals surface area contributed by atoms with E-state index in [0.29, 0.717) is 16.5 Å². The van der Waals surface area contributed by atoms with Gasteiger partial charge in [-0.3, -0.25) is 4.72 Å². The van der Waals surface area contributed by atoms with E-state index in [1.165, 1.54) is 24.3 Å². The minimum Gasteiger partial charge on any atom is -0.504 e. The van der Waals surface area contributed by atoms with Gasteiger partial charge in [-0.05, 0) is 53.6 Å². The minimum absolute atomic E-state index is 0.0818. The van der Waals surface area contributed by atoms with Crippen molar-refractivity contribution in [2.75, 3.05) is 4.72 Å². The fourth-order valence-corrected chi connectivity index (χ4v) is 3.48. The predicted octanol–water partition coefficient (Wildman–Crippen LogP) is 3.36. The van der Waals surface area contributed by atoms with Crippen LogP contribution < -0.4 is 4.72 Å². The van der Waals surface area contributed by atoms with Gasteiger partial charge in [0.05, 0.1) is 10.6 Å². The summed E-state index contributed by atoms with van der Waals surface area (Å²) in [4.78, 5) is 0.0818. The van der Waals surface area contributed by atoms with Crippen LogP contribution in [0.1, 0.15) is 5.56 Å². The molecule has 0 aliphatic heterocycles. The summed E-state index contributed by atoms with van der Waals surface area (Å²) in [6.07, 6.45) is 0. The fraction of sp³-hybridized carbons (Fsp3) is 0.0588.